The van der Waals surface area contributed by atoms with Crippen molar-refractivity contribution in [2.45, 2.75) is 57.8 Å². The van der Waals surface area contributed by atoms with Crippen LogP contribution in [0.4, 0.5) is 0 Å². The lowest BCUT2D eigenvalue weighted by atomic mass is 10.1. The minimum atomic E-state index is 0.559. The average molecular weight is 413 g/mol. The summed E-state index contributed by atoms with van der Waals surface area (Å²) in [6, 6.07) is 9.77. The van der Waals surface area contributed by atoms with Gasteiger partial charge >= 0.3 is 0 Å². The van der Waals surface area contributed by atoms with Crippen molar-refractivity contribution in [1.82, 2.24) is 0 Å². The molecule has 0 saturated heterocycles. The van der Waals surface area contributed by atoms with Crippen LogP contribution in [0.1, 0.15) is 57.8 Å². The Hall–Kier alpha value is -0.750. The zero-order chi connectivity index (χ0) is 20.0. The zero-order valence-electron chi connectivity index (χ0n) is 17.5. The number of ether oxygens (including phenoxy) is 4. The van der Waals surface area contributed by atoms with Gasteiger partial charge in [0, 0.05) is 6.61 Å². The number of hydrogen-bond donors (Lipinski definition) is 1. The molecule has 0 spiro atoms. The van der Waals surface area contributed by atoms with Crippen molar-refractivity contribution < 1.29 is 18.9 Å². The van der Waals surface area contributed by atoms with Gasteiger partial charge in [-0.3, -0.25) is 0 Å². The lowest BCUT2D eigenvalue weighted by molar-refractivity contribution is 0.00878. The van der Waals surface area contributed by atoms with E-state index in [-0.39, 0.29) is 0 Å². The van der Waals surface area contributed by atoms with Crippen molar-refractivity contribution in [3.05, 3.63) is 30.3 Å². The molecular formula is C23H40O4S. The van der Waals surface area contributed by atoms with Gasteiger partial charge < -0.3 is 18.9 Å². The Morgan fingerprint density at radius 1 is 0.500 bits per heavy atom. The van der Waals surface area contributed by atoms with Crippen LogP contribution in [0, 0.1) is 0 Å². The van der Waals surface area contributed by atoms with Crippen LogP contribution in [0.15, 0.2) is 30.3 Å². The second-order valence-electron chi connectivity index (χ2n) is 6.90. The van der Waals surface area contributed by atoms with Gasteiger partial charge in [0.05, 0.1) is 33.0 Å². The molecule has 162 valence electrons. The van der Waals surface area contributed by atoms with Gasteiger partial charge in [-0.05, 0) is 30.7 Å². The van der Waals surface area contributed by atoms with E-state index in [2.05, 4.69) is 12.6 Å². The Bertz CT molecular complexity index is 416. The highest BCUT2D eigenvalue weighted by Crippen LogP contribution is 2.10. The summed E-state index contributed by atoms with van der Waals surface area (Å²) in [4.78, 5) is 0. The van der Waals surface area contributed by atoms with Crippen molar-refractivity contribution in [3.8, 4) is 5.75 Å². The molecule has 0 bridgehead atoms. The normalized spacial score (nSPS) is 11.0. The third-order valence-electron chi connectivity index (χ3n) is 4.43. The largest absolute Gasteiger partial charge is 0.491 e. The molecule has 0 fully saturated rings. The molecule has 5 heteroatoms. The van der Waals surface area contributed by atoms with Gasteiger partial charge in [0.2, 0.25) is 0 Å². The molecular weight excluding hydrogens is 372 g/mol. The topological polar surface area (TPSA) is 36.9 Å². The molecule has 0 aliphatic heterocycles. The molecule has 1 rings (SSSR count). The Balaban J connectivity index is 1.67. The van der Waals surface area contributed by atoms with Crippen molar-refractivity contribution in [3.63, 3.8) is 0 Å². The van der Waals surface area contributed by atoms with Crippen LogP contribution < -0.4 is 4.74 Å². The second-order valence-corrected chi connectivity index (χ2v) is 7.35. The Labute approximate surface area is 177 Å². The molecule has 0 amide bonds. The van der Waals surface area contributed by atoms with E-state index in [4.69, 9.17) is 18.9 Å². The van der Waals surface area contributed by atoms with Gasteiger partial charge in [0.25, 0.3) is 0 Å². The highest BCUT2D eigenvalue weighted by molar-refractivity contribution is 7.80. The van der Waals surface area contributed by atoms with Gasteiger partial charge in [0.15, 0.2) is 0 Å². The minimum Gasteiger partial charge on any atom is -0.491 e. The number of hydrogen-bond acceptors (Lipinski definition) is 5. The van der Waals surface area contributed by atoms with E-state index in [0.29, 0.717) is 39.6 Å². The fourth-order valence-electron chi connectivity index (χ4n) is 2.83. The fourth-order valence-corrected chi connectivity index (χ4v) is 3.05. The van der Waals surface area contributed by atoms with Gasteiger partial charge in [-0.25, -0.2) is 0 Å². The molecule has 0 heterocycles. The molecule has 0 radical (unpaired) electrons. The highest BCUT2D eigenvalue weighted by Gasteiger charge is 1.95. The quantitative estimate of drug-likeness (QED) is 0.212. The van der Waals surface area contributed by atoms with Crippen LogP contribution >= 0.6 is 12.6 Å². The SMILES string of the molecule is SCCCCCCCCCCCOCCOCCOCCOc1ccccc1. The van der Waals surface area contributed by atoms with E-state index in [1.807, 2.05) is 30.3 Å². The number of rotatable bonds is 21. The first-order chi connectivity index (χ1) is 13.9. The molecule has 28 heavy (non-hydrogen) atoms. The zero-order valence-corrected chi connectivity index (χ0v) is 18.4. The van der Waals surface area contributed by atoms with Crippen molar-refractivity contribution in [1.29, 1.82) is 0 Å². The first-order valence-electron chi connectivity index (χ1n) is 11.0. The Morgan fingerprint density at radius 2 is 0.964 bits per heavy atom. The molecule has 0 saturated carbocycles. The minimum absolute atomic E-state index is 0.559. The van der Waals surface area contributed by atoms with Crippen LogP contribution in [-0.2, 0) is 14.2 Å². The van der Waals surface area contributed by atoms with E-state index >= 15 is 0 Å². The Morgan fingerprint density at radius 3 is 1.54 bits per heavy atom. The number of para-hydroxylation sites is 1. The third-order valence-corrected chi connectivity index (χ3v) is 4.75. The maximum Gasteiger partial charge on any atom is 0.119 e. The summed E-state index contributed by atoms with van der Waals surface area (Å²) >= 11 is 4.24. The summed E-state index contributed by atoms with van der Waals surface area (Å²) in [5.74, 6) is 1.91. The van der Waals surface area contributed by atoms with E-state index in [9.17, 15) is 0 Å². The molecule has 0 aliphatic rings. The van der Waals surface area contributed by atoms with Gasteiger partial charge in [-0.2, -0.15) is 12.6 Å². The molecule has 0 aromatic heterocycles. The summed E-state index contributed by atoms with van der Waals surface area (Å²) in [6.45, 7) is 4.47. The van der Waals surface area contributed by atoms with Crippen molar-refractivity contribution >= 4 is 12.6 Å². The number of benzene rings is 1. The van der Waals surface area contributed by atoms with Crippen LogP contribution in [0.3, 0.4) is 0 Å². The number of unbranched alkanes of at least 4 members (excludes halogenated alkanes) is 8. The standard InChI is InChI=1S/C23H40O4S/c28-22-12-7-5-3-1-2-4-6-11-15-24-16-17-25-18-19-26-20-21-27-23-13-9-8-10-14-23/h8-10,13-14,28H,1-7,11-12,15-22H2. The maximum absolute atomic E-state index is 5.61. The molecule has 0 aliphatic carbocycles. The maximum atomic E-state index is 5.61. The van der Waals surface area contributed by atoms with Crippen molar-refractivity contribution in [2.24, 2.45) is 0 Å². The van der Waals surface area contributed by atoms with E-state index in [0.717, 1.165) is 24.5 Å². The predicted molar refractivity (Wildman–Crippen MR) is 120 cm³/mol. The van der Waals surface area contributed by atoms with Crippen LogP contribution in [0.5, 0.6) is 5.75 Å². The first kappa shape index (κ1) is 25.3. The smallest absolute Gasteiger partial charge is 0.119 e. The van der Waals surface area contributed by atoms with Gasteiger partial charge in [-0.1, -0.05) is 63.1 Å². The monoisotopic (exact) mass is 412 g/mol. The van der Waals surface area contributed by atoms with Gasteiger partial charge in [0.1, 0.15) is 12.4 Å². The number of thiol groups is 1. The summed E-state index contributed by atoms with van der Waals surface area (Å²) < 4.78 is 22.1. The molecule has 0 atom stereocenters. The second kappa shape index (κ2) is 21.0. The lowest BCUT2D eigenvalue weighted by Gasteiger charge is -2.08. The summed E-state index contributed by atoms with van der Waals surface area (Å²) in [6.07, 6.45) is 11.9. The van der Waals surface area contributed by atoms with Crippen LogP contribution in [0.2, 0.25) is 0 Å². The van der Waals surface area contributed by atoms with E-state index in [1.165, 1.54) is 51.4 Å². The lowest BCUT2D eigenvalue weighted by Crippen LogP contribution is -2.12. The van der Waals surface area contributed by atoms with E-state index < -0.39 is 0 Å². The molecule has 4 nitrogen and oxygen atoms in total. The molecule has 1 aromatic rings. The molecule has 0 N–H and O–H groups in total. The third kappa shape index (κ3) is 17.4. The van der Waals surface area contributed by atoms with E-state index in [1.54, 1.807) is 0 Å². The molecule has 1 aromatic carbocycles. The van der Waals surface area contributed by atoms with Crippen LogP contribution in [0.25, 0.3) is 0 Å². The fraction of sp³-hybridized carbons (Fsp3) is 0.739. The molecule has 0 unspecified atom stereocenters. The predicted octanol–water partition coefficient (Wildman–Crippen LogP) is 5.56. The van der Waals surface area contributed by atoms with Crippen molar-refractivity contribution in [2.75, 3.05) is 52.0 Å². The first-order valence-corrected chi connectivity index (χ1v) is 11.6. The Kier molecular flexibility index (Phi) is 18.9. The summed E-state index contributed by atoms with van der Waals surface area (Å²) in [5.41, 5.74) is 0. The average Bonchev–Trinajstić information content (AvgIpc) is 2.73. The van der Waals surface area contributed by atoms with Gasteiger partial charge in [-0.15, -0.1) is 0 Å². The summed E-state index contributed by atoms with van der Waals surface area (Å²) in [7, 11) is 0. The highest BCUT2D eigenvalue weighted by atomic mass is 32.1. The van der Waals surface area contributed by atoms with Crippen LogP contribution in [-0.4, -0.2) is 52.0 Å². The summed E-state index contributed by atoms with van der Waals surface area (Å²) in [5, 5.41) is 0.